The molecule has 0 saturated heterocycles. The summed E-state index contributed by atoms with van der Waals surface area (Å²) in [5, 5.41) is 6.36. The van der Waals surface area contributed by atoms with Crippen LogP contribution in [-0.2, 0) is 16.6 Å². The molecule has 0 unspecified atom stereocenters. The minimum Gasteiger partial charge on any atom is -0.354 e. The molecule has 0 radical (unpaired) electrons. The van der Waals surface area contributed by atoms with Gasteiger partial charge in [0.15, 0.2) is 5.96 Å². The van der Waals surface area contributed by atoms with Crippen LogP contribution in [0.25, 0.3) is 0 Å². The van der Waals surface area contributed by atoms with Gasteiger partial charge in [-0.1, -0.05) is 12.1 Å². The van der Waals surface area contributed by atoms with Gasteiger partial charge in [-0.25, -0.2) is 12.7 Å². The molecule has 0 bridgehead atoms. The monoisotopic (exact) mass is 312 g/mol. The van der Waals surface area contributed by atoms with Crippen LogP contribution in [0.2, 0.25) is 0 Å². The number of hydrogen-bond donors (Lipinski definition) is 2. The van der Waals surface area contributed by atoms with Crippen molar-refractivity contribution in [1.82, 2.24) is 14.9 Å². The number of benzene rings is 1. The van der Waals surface area contributed by atoms with Gasteiger partial charge in [0.05, 0.1) is 4.90 Å². The molecular formula is C14H24N4O2S. The van der Waals surface area contributed by atoms with Gasteiger partial charge in [-0.15, -0.1) is 0 Å². The van der Waals surface area contributed by atoms with Gasteiger partial charge in [0.1, 0.15) is 0 Å². The average molecular weight is 312 g/mol. The summed E-state index contributed by atoms with van der Waals surface area (Å²) in [4.78, 5) is 4.41. The van der Waals surface area contributed by atoms with E-state index in [4.69, 9.17) is 0 Å². The number of hydrogen-bond acceptors (Lipinski definition) is 3. The van der Waals surface area contributed by atoms with Gasteiger partial charge in [0.2, 0.25) is 10.0 Å². The number of guanidine groups is 1. The van der Waals surface area contributed by atoms with Crippen molar-refractivity contribution in [3.05, 3.63) is 29.8 Å². The Morgan fingerprint density at radius 1 is 1.24 bits per heavy atom. The van der Waals surface area contributed by atoms with E-state index < -0.39 is 10.0 Å². The molecule has 118 valence electrons. The Morgan fingerprint density at radius 3 is 2.24 bits per heavy atom. The lowest BCUT2D eigenvalue weighted by atomic mass is 10.2. The summed E-state index contributed by atoms with van der Waals surface area (Å²) in [6, 6.07) is 7.12. The zero-order chi connectivity index (χ0) is 16.0. The molecule has 0 heterocycles. The molecule has 1 aromatic rings. The van der Waals surface area contributed by atoms with Crippen molar-refractivity contribution in [2.45, 2.75) is 31.3 Å². The summed E-state index contributed by atoms with van der Waals surface area (Å²) in [5.74, 6) is 0.718. The maximum atomic E-state index is 12.0. The van der Waals surface area contributed by atoms with Crippen LogP contribution < -0.4 is 10.6 Å². The number of nitrogens with zero attached hydrogens (tertiary/aromatic N) is 2. The van der Waals surface area contributed by atoms with E-state index in [0.29, 0.717) is 17.5 Å². The third kappa shape index (κ3) is 5.02. The normalized spacial score (nSPS) is 12.8. The molecule has 7 heteroatoms. The predicted octanol–water partition coefficient (Wildman–Crippen LogP) is 1.01. The third-order valence-corrected chi connectivity index (χ3v) is 4.64. The Bertz CT molecular complexity index is 577. The molecule has 0 aliphatic heterocycles. The van der Waals surface area contributed by atoms with Crippen LogP contribution in [0, 0.1) is 0 Å². The second-order valence-electron chi connectivity index (χ2n) is 5.16. The zero-order valence-electron chi connectivity index (χ0n) is 13.2. The lowest BCUT2D eigenvalue weighted by Gasteiger charge is -2.15. The van der Waals surface area contributed by atoms with Crippen molar-refractivity contribution < 1.29 is 8.42 Å². The van der Waals surface area contributed by atoms with Crippen molar-refractivity contribution in [2.75, 3.05) is 21.1 Å². The standard InChI is InChI=1S/C14H24N4O2S/c1-11(2)17-14(15-3)16-10-12-6-8-13(9-7-12)21(19,20)18(4)5/h6-9,11H,10H2,1-5H3,(H2,15,16,17). The van der Waals surface area contributed by atoms with Crippen molar-refractivity contribution in [3.63, 3.8) is 0 Å². The average Bonchev–Trinajstić information content (AvgIpc) is 2.43. The minimum atomic E-state index is -3.37. The fraction of sp³-hybridized carbons (Fsp3) is 0.500. The maximum Gasteiger partial charge on any atom is 0.242 e. The van der Waals surface area contributed by atoms with E-state index in [1.807, 2.05) is 13.8 Å². The molecular weight excluding hydrogens is 288 g/mol. The fourth-order valence-electron chi connectivity index (χ4n) is 1.64. The molecule has 0 aliphatic carbocycles. The smallest absolute Gasteiger partial charge is 0.242 e. The third-order valence-electron chi connectivity index (χ3n) is 2.81. The molecule has 0 saturated carbocycles. The number of rotatable bonds is 5. The summed E-state index contributed by atoms with van der Waals surface area (Å²) >= 11 is 0. The SMILES string of the molecule is CN=C(NCc1ccc(S(=O)(=O)N(C)C)cc1)NC(C)C. The molecule has 0 aliphatic rings. The van der Waals surface area contributed by atoms with Gasteiger partial charge in [0, 0.05) is 33.7 Å². The van der Waals surface area contributed by atoms with Gasteiger partial charge < -0.3 is 10.6 Å². The van der Waals surface area contributed by atoms with Crippen molar-refractivity contribution in [3.8, 4) is 0 Å². The second-order valence-corrected chi connectivity index (χ2v) is 7.31. The zero-order valence-corrected chi connectivity index (χ0v) is 14.0. The lowest BCUT2D eigenvalue weighted by Crippen LogP contribution is -2.40. The predicted molar refractivity (Wildman–Crippen MR) is 85.8 cm³/mol. The van der Waals surface area contributed by atoms with Gasteiger partial charge >= 0.3 is 0 Å². The first-order valence-electron chi connectivity index (χ1n) is 6.76. The number of nitrogens with one attached hydrogen (secondary N) is 2. The van der Waals surface area contributed by atoms with Crippen molar-refractivity contribution in [2.24, 2.45) is 4.99 Å². The summed E-state index contributed by atoms with van der Waals surface area (Å²) in [5.41, 5.74) is 0.986. The first-order chi connectivity index (χ1) is 9.77. The van der Waals surface area contributed by atoms with E-state index >= 15 is 0 Å². The van der Waals surface area contributed by atoms with E-state index in [1.165, 1.54) is 18.4 Å². The minimum absolute atomic E-state index is 0.293. The summed E-state index contributed by atoms with van der Waals surface area (Å²) in [7, 11) is 1.38. The summed E-state index contributed by atoms with van der Waals surface area (Å²) in [6.45, 7) is 4.65. The van der Waals surface area contributed by atoms with Crippen LogP contribution in [0.4, 0.5) is 0 Å². The molecule has 0 atom stereocenters. The first kappa shape index (κ1) is 17.5. The van der Waals surface area contributed by atoms with Crippen LogP contribution in [-0.4, -0.2) is 45.9 Å². The van der Waals surface area contributed by atoms with Gasteiger partial charge in [-0.2, -0.15) is 0 Å². The molecule has 0 fully saturated rings. The Labute approximate surface area is 127 Å². The van der Waals surface area contributed by atoms with Crippen LogP contribution >= 0.6 is 0 Å². The Morgan fingerprint density at radius 2 is 1.81 bits per heavy atom. The second kappa shape index (κ2) is 7.42. The summed E-state index contributed by atoms with van der Waals surface area (Å²) in [6.07, 6.45) is 0. The molecule has 1 aromatic carbocycles. The molecule has 21 heavy (non-hydrogen) atoms. The fourth-order valence-corrected chi connectivity index (χ4v) is 2.55. The van der Waals surface area contributed by atoms with Crippen LogP contribution in [0.5, 0.6) is 0 Å². The number of sulfonamides is 1. The highest BCUT2D eigenvalue weighted by Crippen LogP contribution is 2.13. The lowest BCUT2D eigenvalue weighted by molar-refractivity contribution is 0.520. The highest BCUT2D eigenvalue weighted by atomic mass is 32.2. The van der Waals surface area contributed by atoms with E-state index in [-0.39, 0.29) is 0 Å². The first-order valence-corrected chi connectivity index (χ1v) is 8.20. The topological polar surface area (TPSA) is 73.8 Å². The highest BCUT2D eigenvalue weighted by molar-refractivity contribution is 7.89. The number of aliphatic imine (C=N–C) groups is 1. The van der Waals surface area contributed by atoms with Gasteiger partial charge in [-0.05, 0) is 31.5 Å². The van der Waals surface area contributed by atoms with Crippen molar-refractivity contribution >= 4 is 16.0 Å². The van der Waals surface area contributed by atoms with Crippen molar-refractivity contribution in [1.29, 1.82) is 0 Å². The molecule has 0 amide bonds. The Balaban J connectivity index is 2.72. The quantitative estimate of drug-likeness (QED) is 0.629. The largest absolute Gasteiger partial charge is 0.354 e. The van der Waals surface area contributed by atoms with E-state index in [2.05, 4.69) is 15.6 Å². The maximum absolute atomic E-state index is 12.0. The molecule has 1 rings (SSSR count). The van der Waals surface area contributed by atoms with E-state index in [9.17, 15) is 8.42 Å². The van der Waals surface area contributed by atoms with E-state index in [0.717, 1.165) is 11.5 Å². The highest BCUT2D eigenvalue weighted by Gasteiger charge is 2.16. The van der Waals surface area contributed by atoms with E-state index in [1.54, 1.807) is 31.3 Å². The van der Waals surface area contributed by atoms with Gasteiger partial charge in [-0.3, -0.25) is 4.99 Å². The summed E-state index contributed by atoms with van der Waals surface area (Å²) < 4.78 is 25.1. The van der Waals surface area contributed by atoms with Crippen LogP contribution in [0.15, 0.2) is 34.2 Å². The molecule has 2 N–H and O–H groups in total. The Hall–Kier alpha value is -1.60. The molecule has 6 nitrogen and oxygen atoms in total. The molecule has 0 spiro atoms. The molecule has 0 aromatic heterocycles. The van der Waals surface area contributed by atoms with Crippen LogP contribution in [0.1, 0.15) is 19.4 Å². The Kier molecular flexibility index (Phi) is 6.17. The van der Waals surface area contributed by atoms with Gasteiger partial charge in [0.25, 0.3) is 0 Å². The van der Waals surface area contributed by atoms with Crippen LogP contribution in [0.3, 0.4) is 0 Å².